The second-order valence-electron chi connectivity index (χ2n) is 5.34. The molecule has 0 N–H and O–H groups in total. The monoisotopic (exact) mass is 243 g/mol. The molecule has 4 heteroatoms. The predicted molar refractivity (Wildman–Crippen MR) is 72.4 cm³/mol. The number of aromatic nitrogens is 2. The molecule has 1 aromatic heterocycles. The largest absolute Gasteiger partial charge is 0.315 e. The summed E-state index contributed by atoms with van der Waals surface area (Å²) in [6, 6.07) is 5.65. The van der Waals surface area contributed by atoms with Crippen molar-refractivity contribution in [1.29, 1.82) is 0 Å². The number of fused-ring (bicyclic) bond motifs is 1. The molecule has 18 heavy (non-hydrogen) atoms. The molecule has 94 valence electrons. The van der Waals surface area contributed by atoms with Crippen LogP contribution in [0.3, 0.4) is 0 Å². The topological polar surface area (TPSA) is 46.1 Å². The molecule has 0 unspecified atom stereocenters. The molecule has 0 aliphatic rings. The minimum Gasteiger partial charge on any atom is -0.315 e. The molecule has 0 atom stereocenters. The van der Waals surface area contributed by atoms with E-state index >= 15 is 0 Å². The van der Waals surface area contributed by atoms with Crippen LogP contribution in [0.4, 0.5) is 5.69 Å². The maximum Gasteiger partial charge on any atom is 0.232 e. The highest BCUT2D eigenvalue weighted by Gasteiger charge is 2.25. The van der Waals surface area contributed by atoms with Crippen molar-refractivity contribution in [3.63, 3.8) is 0 Å². The first kappa shape index (κ1) is 12.5. The SMILES string of the molecule is CN(C(=O)C(C)(C)C)c1ccc2nccnc2c1. The Morgan fingerprint density at radius 3 is 2.33 bits per heavy atom. The quantitative estimate of drug-likeness (QED) is 0.773. The van der Waals surface area contributed by atoms with E-state index in [9.17, 15) is 4.79 Å². The van der Waals surface area contributed by atoms with E-state index < -0.39 is 5.41 Å². The molecular formula is C14H17N3O. The fourth-order valence-electron chi connectivity index (χ4n) is 1.78. The number of hydrogen-bond donors (Lipinski definition) is 0. The van der Waals surface area contributed by atoms with Crippen molar-refractivity contribution in [2.75, 3.05) is 11.9 Å². The van der Waals surface area contributed by atoms with Crippen LogP contribution < -0.4 is 4.90 Å². The third kappa shape index (κ3) is 2.32. The molecule has 0 saturated heterocycles. The van der Waals surface area contributed by atoms with E-state index in [0.29, 0.717) is 0 Å². The molecule has 0 spiro atoms. The maximum atomic E-state index is 12.2. The van der Waals surface area contributed by atoms with Gasteiger partial charge in [-0.25, -0.2) is 0 Å². The lowest BCUT2D eigenvalue weighted by molar-refractivity contribution is -0.125. The van der Waals surface area contributed by atoms with Gasteiger partial charge in [0.25, 0.3) is 0 Å². The van der Waals surface area contributed by atoms with Gasteiger partial charge in [0.2, 0.25) is 5.91 Å². The molecule has 1 amide bonds. The van der Waals surface area contributed by atoms with Gasteiger partial charge in [-0.2, -0.15) is 0 Å². The smallest absolute Gasteiger partial charge is 0.232 e. The Kier molecular flexibility index (Phi) is 3.03. The molecule has 4 nitrogen and oxygen atoms in total. The Morgan fingerprint density at radius 2 is 1.72 bits per heavy atom. The van der Waals surface area contributed by atoms with Gasteiger partial charge in [-0.1, -0.05) is 20.8 Å². The van der Waals surface area contributed by atoms with Crippen molar-refractivity contribution in [2.24, 2.45) is 5.41 Å². The van der Waals surface area contributed by atoms with E-state index in [0.717, 1.165) is 16.7 Å². The van der Waals surface area contributed by atoms with Gasteiger partial charge in [0.05, 0.1) is 11.0 Å². The summed E-state index contributed by atoms with van der Waals surface area (Å²) >= 11 is 0. The van der Waals surface area contributed by atoms with Crippen molar-refractivity contribution < 1.29 is 4.79 Å². The Balaban J connectivity index is 2.39. The minimum absolute atomic E-state index is 0.0748. The summed E-state index contributed by atoms with van der Waals surface area (Å²) in [6.45, 7) is 5.73. The van der Waals surface area contributed by atoms with Gasteiger partial charge in [0, 0.05) is 30.5 Å². The molecule has 0 fully saturated rings. The fourth-order valence-corrected chi connectivity index (χ4v) is 1.78. The summed E-state index contributed by atoms with van der Waals surface area (Å²) in [4.78, 5) is 22.3. The standard InChI is InChI=1S/C14H17N3O/c1-14(2,3)13(18)17(4)10-5-6-11-12(9-10)16-8-7-15-11/h5-9H,1-4H3. The number of rotatable bonds is 1. The van der Waals surface area contributed by atoms with Crippen LogP contribution in [-0.4, -0.2) is 22.9 Å². The summed E-state index contributed by atoms with van der Waals surface area (Å²) in [5.74, 6) is 0.0748. The highest BCUT2D eigenvalue weighted by molar-refractivity contribution is 5.97. The molecule has 0 radical (unpaired) electrons. The molecule has 1 heterocycles. The van der Waals surface area contributed by atoms with E-state index in [2.05, 4.69) is 9.97 Å². The molecule has 2 rings (SSSR count). The van der Waals surface area contributed by atoms with E-state index in [1.165, 1.54) is 0 Å². The van der Waals surface area contributed by atoms with E-state index in [1.807, 2.05) is 39.0 Å². The van der Waals surface area contributed by atoms with Crippen LogP contribution in [-0.2, 0) is 4.79 Å². The van der Waals surface area contributed by atoms with Crippen LogP contribution in [0.1, 0.15) is 20.8 Å². The second kappa shape index (κ2) is 4.37. The van der Waals surface area contributed by atoms with E-state index in [1.54, 1.807) is 24.3 Å². The molecule has 0 aliphatic heterocycles. The minimum atomic E-state index is -0.397. The van der Waals surface area contributed by atoms with Crippen molar-refractivity contribution in [1.82, 2.24) is 9.97 Å². The number of benzene rings is 1. The van der Waals surface area contributed by atoms with Crippen LogP contribution >= 0.6 is 0 Å². The van der Waals surface area contributed by atoms with Gasteiger partial charge in [-0.15, -0.1) is 0 Å². The van der Waals surface area contributed by atoms with E-state index in [4.69, 9.17) is 0 Å². The number of nitrogens with zero attached hydrogens (tertiary/aromatic N) is 3. The average molecular weight is 243 g/mol. The Bertz CT molecular complexity index is 587. The van der Waals surface area contributed by atoms with Crippen LogP contribution in [0.2, 0.25) is 0 Å². The first-order chi connectivity index (χ1) is 8.39. The van der Waals surface area contributed by atoms with Crippen molar-refractivity contribution >= 4 is 22.6 Å². The third-order valence-corrected chi connectivity index (χ3v) is 2.79. The lowest BCUT2D eigenvalue weighted by Gasteiger charge is -2.26. The molecule has 1 aromatic carbocycles. The molecule has 0 saturated carbocycles. The number of carbonyl (C=O) groups excluding carboxylic acids is 1. The van der Waals surface area contributed by atoms with Gasteiger partial charge >= 0.3 is 0 Å². The van der Waals surface area contributed by atoms with Crippen LogP contribution in [0.5, 0.6) is 0 Å². The maximum absolute atomic E-state index is 12.2. The third-order valence-electron chi connectivity index (χ3n) is 2.79. The molecule has 0 aliphatic carbocycles. The van der Waals surface area contributed by atoms with Crippen LogP contribution in [0.25, 0.3) is 11.0 Å². The van der Waals surface area contributed by atoms with E-state index in [-0.39, 0.29) is 5.91 Å². The highest BCUT2D eigenvalue weighted by Crippen LogP contribution is 2.23. The van der Waals surface area contributed by atoms with Gasteiger partial charge in [0.15, 0.2) is 0 Å². The van der Waals surface area contributed by atoms with Crippen molar-refractivity contribution in [2.45, 2.75) is 20.8 Å². The second-order valence-corrected chi connectivity index (χ2v) is 5.34. The van der Waals surface area contributed by atoms with Crippen LogP contribution in [0.15, 0.2) is 30.6 Å². The first-order valence-corrected chi connectivity index (χ1v) is 5.88. The normalized spacial score (nSPS) is 11.6. The molecule has 0 bridgehead atoms. The Morgan fingerprint density at radius 1 is 1.11 bits per heavy atom. The van der Waals surface area contributed by atoms with Gasteiger partial charge in [-0.05, 0) is 18.2 Å². The lowest BCUT2D eigenvalue weighted by Crippen LogP contribution is -2.36. The number of hydrogen-bond acceptors (Lipinski definition) is 3. The zero-order valence-electron chi connectivity index (χ0n) is 11.1. The predicted octanol–water partition coefficient (Wildman–Crippen LogP) is 2.64. The van der Waals surface area contributed by atoms with Crippen LogP contribution in [0, 0.1) is 5.41 Å². The van der Waals surface area contributed by atoms with Gasteiger partial charge < -0.3 is 4.90 Å². The zero-order valence-corrected chi connectivity index (χ0v) is 11.1. The summed E-state index contributed by atoms with van der Waals surface area (Å²) < 4.78 is 0. The Labute approximate surface area is 107 Å². The molecule has 2 aromatic rings. The van der Waals surface area contributed by atoms with Gasteiger partial charge in [0.1, 0.15) is 0 Å². The summed E-state index contributed by atoms with van der Waals surface area (Å²) in [6.07, 6.45) is 3.31. The highest BCUT2D eigenvalue weighted by atomic mass is 16.2. The number of carbonyl (C=O) groups is 1. The summed E-state index contributed by atoms with van der Waals surface area (Å²) in [5.41, 5.74) is 2.07. The zero-order chi connectivity index (χ0) is 13.3. The van der Waals surface area contributed by atoms with Crippen molar-refractivity contribution in [3.8, 4) is 0 Å². The first-order valence-electron chi connectivity index (χ1n) is 5.88. The summed E-state index contributed by atoms with van der Waals surface area (Å²) in [5, 5.41) is 0. The lowest BCUT2D eigenvalue weighted by atomic mass is 9.94. The average Bonchev–Trinajstić information content (AvgIpc) is 2.35. The van der Waals surface area contributed by atoms with Crippen molar-refractivity contribution in [3.05, 3.63) is 30.6 Å². The molecular weight excluding hydrogens is 226 g/mol. The number of amides is 1. The number of anilines is 1. The van der Waals surface area contributed by atoms with Gasteiger partial charge in [-0.3, -0.25) is 14.8 Å². The fraction of sp³-hybridized carbons (Fsp3) is 0.357. The summed E-state index contributed by atoms with van der Waals surface area (Å²) in [7, 11) is 1.78. The Hall–Kier alpha value is -1.97.